The van der Waals surface area contributed by atoms with Crippen LogP contribution in [0, 0.1) is 17.1 Å². The Kier molecular flexibility index (Phi) is 7.63. The van der Waals surface area contributed by atoms with Crippen LogP contribution in [0.1, 0.15) is 37.0 Å². The van der Waals surface area contributed by atoms with Crippen LogP contribution < -0.4 is 15.5 Å². The van der Waals surface area contributed by atoms with Crippen molar-refractivity contribution in [1.29, 1.82) is 5.26 Å². The summed E-state index contributed by atoms with van der Waals surface area (Å²) in [5.74, 6) is 0.309. The van der Waals surface area contributed by atoms with Crippen LogP contribution in [-0.4, -0.2) is 43.3 Å². The zero-order chi connectivity index (χ0) is 21.3. The lowest BCUT2D eigenvalue weighted by Gasteiger charge is -2.35. The van der Waals surface area contributed by atoms with Crippen LogP contribution in [0.4, 0.5) is 10.1 Å². The molecule has 6 nitrogen and oxygen atoms in total. The van der Waals surface area contributed by atoms with Crippen LogP contribution in [0.5, 0.6) is 0 Å². The fourth-order valence-electron chi connectivity index (χ4n) is 3.64. The second-order valence-corrected chi connectivity index (χ2v) is 7.35. The van der Waals surface area contributed by atoms with Gasteiger partial charge in [-0.25, -0.2) is 4.39 Å². The van der Waals surface area contributed by atoms with Crippen LogP contribution in [0.15, 0.2) is 53.5 Å². The average molecular weight is 410 g/mol. The van der Waals surface area contributed by atoms with E-state index in [1.807, 2.05) is 31.2 Å². The monoisotopic (exact) mass is 409 g/mol. The second-order valence-electron chi connectivity index (χ2n) is 7.35. The highest BCUT2D eigenvalue weighted by Gasteiger charge is 2.22. The molecule has 1 heterocycles. The standard InChI is InChI=1S/C23H28FN5O/c1-2-26-23(27-15-22(30)17-9-11-19(24)12-10-17)28-20-7-5-13-29(16-20)21-8-4-3-6-18(21)14-25/h3-4,6,8-12,20,22,30H,2,5,7,13,15-16H2,1H3,(H2,26,27,28). The summed E-state index contributed by atoms with van der Waals surface area (Å²) >= 11 is 0. The van der Waals surface area contributed by atoms with Crippen molar-refractivity contribution in [2.45, 2.75) is 31.9 Å². The molecule has 2 atom stereocenters. The smallest absolute Gasteiger partial charge is 0.191 e. The summed E-state index contributed by atoms with van der Waals surface area (Å²) in [4.78, 5) is 6.75. The van der Waals surface area contributed by atoms with E-state index in [0.29, 0.717) is 23.6 Å². The highest BCUT2D eigenvalue weighted by molar-refractivity contribution is 5.80. The predicted octanol–water partition coefficient (Wildman–Crippen LogP) is 2.95. The minimum atomic E-state index is -0.800. The Hall–Kier alpha value is -3.11. The minimum absolute atomic E-state index is 0.172. The van der Waals surface area contributed by atoms with Gasteiger partial charge in [0.15, 0.2) is 5.96 Å². The van der Waals surface area contributed by atoms with Gasteiger partial charge in [-0.2, -0.15) is 5.26 Å². The molecule has 1 fully saturated rings. The number of hydrogen-bond donors (Lipinski definition) is 3. The number of hydrogen-bond acceptors (Lipinski definition) is 4. The number of aliphatic hydroxyl groups excluding tert-OH is 1. The third kappa shape index (κ3) is 5.71. The Bertz CT molecular complexity index is 893. The van der Waals surface area contributed by atoms with Crippen molar-refractivity contribution in [2.75, 3.05) is 31.1 Å². The van der Waals surface area contributed by atoms with E-state index in [2.05, 4.69) is 26.6 Å². The van der Waals surface area contributed by atoms with Crippen LogP contribution >= 0.6 is 0 Å². The van der Waals surface area contributed by atoms with E-state index < -0.39 is 6.10 Å². The molecule has 1 aliphatic heterocycles. The average Bonchev–Trinajstić information content (AvgIpc) is 2.78. The quantitative estimate of drug-likeness (QED) is 0.505. The predicted molar refractivity (Wildman–Crippen MR) is 117 cm³/mol. The Morgan fingerprint density at radius 3 is 2.80 bits per heavy atom. The van der Waals surface area contributed by atoms with Crippen LogP contribution in [0.25, 0.3) is 0 Å². The fourth-order valence-corrected chi connectivity index (χ4v) is 3.64. The number of aliphatic imine (C=N–C) groups is 1. The normalized spacial score (nSPS) is 17.9. The number of guanidine groups is 1. The van der Waals surface area contributed by atoms with Crippen LogP contribution in [0.3, 0.4) is 0 Å². The minimum Gasteiger partial charge on any atom is -0.386 e. The first kappa shape index (κ1) is 21.6. The summed E-state index contributed by atoms with van der Waals surface area (Å²) in [6, 6.07) is 15.9. The Morgan fingerprint density at radius 2 is 2.07 bits per heavy atom. The number of piperidine rings is 1. The van der Waals surface area contributed by atoms with Gasteiger partial charge < -0.3 is 20.6 Å². The Morgan fingerprint density at radius 1 is 1.30 bits per heavy atom. The van der Waals surface area contributed by atoms with Gasteiger partial charge >= 0.3 is 0 Å². The number of nitrogens with one attached hydrogen (secondary N) is 2. The molecule has 0 radical (unpaired) electrons. The zero-order valence-corrected chi connectivity index (χ0v) is 17.2. The summed E-state index contributed by atoms with van der Waals surface area (Å²) in [6.07, 6.45) is 1.21. The SMILES string of the molecule is CCNC(=NCC(O)c1ccc(F)cc1)NC1CCCN(c2ccccc2C#N)C1. The molecule has 0 amide bonds. The molecule has 7 heteroatoms. The molecule has 158 valence electrons. The second kappa shape index (κ2) is 10.6. The van der Waals surface area contributed by atoms with Crippen LogP contribution in [-0.2, 0) is 0 Å². The van der Waals surface area contributed by atoms with Gasteiger partial charge in [0.2, 0.25) is 0 Å². The maximum atomic E-state index is 13.1. The summed E-state index contributed by atoms with van der Waals surface area (Å²) in [6.45, 7) is 4.54. The molecule has 1 aliphatic rings. The highest BCUT2D eigenvalue weighted by Crippen LogP contribution is 2.23. The molecule has 0 bridgehead atoms. The Labute approximate surface area is 177 Å². The number of halogens is 1. The fraction of sp³-hybridized carbons (Fsp3) is 0.391. The maximum Gasteiger partial charge on any atom is 0.191 e. The van der Waals surface area contributed by atoms with Gasteiger partial charge in [-0.1, -0.05) is 24.3 Å². The molecule has 2 aromatic carbocycles. The maximum absolute atomic E-state index is 13.1. The molecule has 2 unspecified atom stereocenters. The van der Waals surface area contributed by atoms with Gasteiger partial charge in [0, 0.05) is 25.7 Å². The highest BCUT2D eigenvalue weighted by atomic mass is 19.1. The lowest BCUT2D eigenvalue weighted by Crippen LogP contribution is -2.51. The first-order valence-corrected chi connectivity index (χ1v) is 10.3. The number of para-hydroxylation sites is 1. The lowest BCUT2D eigenvalue weighted by atomic mass is 10.0. The molecule has 30 heavy (non-hydrogen) atoms. The molecule has 3 rings (SSSR count). The first-order chi connectivity index (χ1) is 14.6. The van der Waals surface area contributed by atoms with Gasteiger partial charge in [0.1, 0.15) is 11.9 Å². The van der Waals surface area contributed by atoms with Gasteiger partial charge in [-0.15, -0.1) is 0 Å². The van der Waals surface area contributed by atoms with E-state index in [-0.39, 0.29) is 18.4 Å². The number of nitriles is 1. The van der Waals surface area contributed by atoms with Crippen molar-refractivity contribution in [3.05, 3.63) is 65.5 Å². The van der Waals surface area contributed by atoms with Crippen molar-refractivity contribution >= 4 is 11.6 Å². The zero-order valence-electron chi connectivity index (χ0n) is 17.2. The van der Waals surface area contributed by atoms with Gasteiger partial charge in [0.05, 0.1) is 23.9 Å². The molecule has 3 N–H and O–H groups in total. The molecule has 0 aromatic heterocycles. The molecule has 2 aromatic rings. The molecule has 0 aliphatic carbocycles. The van der Waals surface area contributed by atoms with Crippen molar-refractivity contribution in [3.63, 3.8) is 0 Å². The molecule has 0 saturated carbocycles. The van der Waals surface area contributed by atoms with E-state index in [1.165, 1.54) is 12.1 Å². The van der Waals surface area contributed by atoms with E-state index >= 15 is 0 Å². The number of anilines is 1. The Balaban J connectivity index is 1.64. The number of nitrogens with zero attached hydrogens (tertiary/aromatic N) is 3. The molecular formula is C23H28FN5O. The number of benzene rings is 2. The summed E-state index contributed by atoms with van der Waals surface area (Å²) in [7, 11) is 0. The number of rotatable bonds is 6. The third-order valence-corrected chi connectivity index (χ3v) is 5.15. The van der Waals surface area contributed by atoms with Gasteiger partial charge in [-0.05, 0) is 49.6 Å². The summed E-state index contributed by atoms with van der Waals surface area (Å²) in [5, 5.41) is 26.4. The number of aliphatic hydroxyl groups is 1. The van der Waals surface area contributed by atoms with Crippen molar-refractivity contribution in [3.8, 4) is 6.07 Å². The lowest BCUT2D eigenvalue weighted by molar-refractivity contribution is 0.187. The summed E-state index contributed by atoms with van der Waals surface area (Å²) < 4.78 is 13.1. The van der Waals surface area contributed by atoms with E-state index in [4.69, 9.17) is 0 Å². The van der Waals surface area contributed by atoms with Gasteiger partial charge in [-0.3, -0.25) is 4.99 Å². The third-order valence-electron chi connectivity index (χ3n) is 5.15. The van der Waals surface area contributed by atoms with Crippen LogP contribution in [0.2, 0.25) is 0 Å². The van der Waals surface area contributed by atoms with Gasteiger partial charge in [0.25, 0.3) is 0 Å². The topological polar surface area (TPSA) is 83.7 Å². The van der Waals surface area contributed by atoms with E-state index in [9.17, 15) is 14.8 Å². The van der Waals surface area contributed by atoms with Crippen molar-refractivity contribution < 1.29 is 9.50 Å². The van der Waals surface area contributed by atoms with E-state index in [1.54, 1.807) is 12.1 Å². The van der Waals surface area contributed by atoms with Crippen molar-refractivity contribution in [1.82, 2.24) is 10.6 Å². The largest absolute Gasteiger partial charge is 0.386 e. The molecule has 1 saturated heterocycles. The van der Waals surface area contributed by atoms with Crippen molar-refractivity contribution in [2.24, 2.45) is 4.99 Å². The first-order valence-electron chi connectivity index (χ1n) is 10.3. The molecular weight excluding hydrogens is 381 g/mol. The molecule has 0 spiro atoms. The van der Waals surface area contributed by atoms with E-state index in [0.717, 1.165) is 31.6 Å². The summed E-state index contributed by atoms with van der Waals surface area (Å²) in [5.41, 5.74) is 2.27.